The quantitative estimate of drug-likeness (QED) is 0.415. The number of benzene rings is 3. The van der Waals surface area contributed by atoms with Crippen LogP contribution < -0.4 is 10.2 Å². The Balaban J connectivity index is 1.70. The number of rotatable bonds is 6. The lowest BCUT2D eigenvalue weighted by Gasteiger charge is -2.10. The Morgan fingerprint density at radius 2 is 1.76 bits per heavy atom. The van der Waals surface area contributed by atoms with Gasteiger partial charge in [-0.25, -0.2) is 9.82 Å². The molecule has 0 aliphatic rings. The molecule has 3 aromatic carbocycles. The molecule has 0 unspecified atom stereocenters. The topological polar surface area (TPSA) is 91.2 Å². The zero-order valence-corrected chi connectivity index (χ0v) is 15.7. The number of phenols is 2. The summed E-state index contributed by atoms with van der Waals surface area (Å²) in [7, 11) is 0. The Morgan fingerprint density at radius 3 is 2.45 bits per heavy atom. The highest BCUT2D eigenvalue weighted by molar-refractivity contribution is 6.30. The number of hydrogen-bond acceptors (Lipinski definition) is 5. The molecule has 0 aliphatic heterocycles. The van der Waals surface area contributed by atoms with Gasteiger partial charge in [-0.1, -0.05) is 23.7 Å². The number of hydrazone groups is 1. The molecule has 1 amide bonds. The van der Waals surface area contributed by atoms with Gasteiger partial charge in [0.15, 0.2) is 0 Å². The molecule has 0 saturated heterocycles. The smallest absolute Gasteiger partial charge is 0.271 e. The Labute approximate surface area is 170 Å². The van der Waals surface area contributed by atoms with Crippen LogP contribution >= 0.6 is 11.6 Å². The largest absolute Gasteiger partial charge is 0.508 e. The van der Waals surface area contributed by atoms with Gasteiger partial charge in [-0.05, 0) is 48.0 Å². The standard InChI is InChI=1S/C21H16ClFN2O4/c22-16-3-6-20(29-12-13-1-4-17(23)5-2-13)15(7-16)11-24-25-21(28)14-8-18(26)10-19(27)9-14/h1-11,26-27H,12H2,(H,25,28)/b24-11-. The van der Waals surface area contributed by atoms with E-state index in [9.17, 15) is 19.4 Å². The third kappa shape index (κ3) is 5.70. The highest BCUT2D eigenvalue weighted by Gasteiger charge is 2.08. The van der Waals surface area contributed by atoms with Crippen molar-refractivity contribution in [3.8, 4) is 17.2 Å². The summed E-state index contributed by atoms with van der Waals surface area (Å²) in [5, 5.41) is 23.2. The van der Waals surface area contributed by atoms with Crippen molar-refractivity contribution in [3.05, 3.63) is 88.2 Å². The van der Waals surface area contributed by atoms with E-state index < -0.39 is 5.91 Å². The zero-order chi connectivity index (χ0) is 20.8. The molecule has 0 radical (unpaired) electrons. The minimum atomic E-state index is -0.622. The maximum absolute atomic E-state index is 13.0. The van der Waals surface area contributed by atoms with Gasteiger partial charge in [-0.3, -0.25) is 4.79 Å². The average Bonchev–Trinajstić information content (AvgIpc) is 2.68. The summed E-state index contributed by atoms with van der Waals surface area (Å²) in [4.78, 5) is 12.1. The Kier molecular flexibility index (Phi) is 6.31. The van der Waals surface area contributed by atoms with Gasteiger partial charge in [0.1, 0.15) is 29.7 Å². The molecule has 6 nitrogen and oxygen atoms in total. The van der Waals surface area contributed by atoms with Crippen molar-refractivity contribution >= 4 is 23.7 Å². The molecule has 3 N–H and O–H groups in total. The molecule has 0 fully saturated rings. The van der Waals surface area contributed by atoms with E-state index in [1.165, 1.54) is 30.5 Å². The van der Waals surface area contributed by atoms with Crippen LogP contribution in [0.3, 0.4) is 0 Å². The fourth-order valence-corrected chi connectivity index (χ4v) is 2.63. The SMILES string of the molecule is O=C(N/N=C\c1cc(Cl)ccc1OCc1ccc(F)cc1)c1cc(O)cc(O)c1. The normalized spacial score (nSPS) is 10.8. The van der Waals surface area contributed by atoms with Crippen LogP contribution in [0.5, 0.6) is 17.2 Å². The summed E-state index contributed by atoms with van der Waals surface area (Å²) in [5.74, 6) is -0.977. The predicted molar refractivity (Wildman–Crippen MR) is 107 cm³/mol. The van der Waals surface area contributed by atoms with Crippen molar-refractivity contribution in [1.82, 2.24) is 5.43 Å². The van der Waals surface area contributed by atoms with Crippen LogP contribution in [0.25, 0.3) is 0 Å². The third-order valence-corrected chi connectivity index (χ3v) is 4.05. The van der Waals surface area contributed by atoms with Crippen molar-refractivity contribution in [2.45, 2.75) is 6.61 Å². The average molecular weight is 415 g/mol. The second-order valence-corrected chi connectivity index (χ2v) is 6.47. The third-order valence-electron chi connectivity index (χ3n) is 3.81. The van der Waals surface area contributed by atoms with E-state index in [0.717, 1.165) is 11.6 Å². The summed E-state index contributed by atoms with van der Waals surface area (Å²) in [6.07, 6.45) is 1.35. The van der Waals surface area contributed by atoms with E-state index in [1.807, 2.05) is 0 Å². The monoisotopic (exact) mass is 414 g/mol. The zero-order valence-electron chi connectivity index (χ0n) is 15.0. The molecule has 8 heteroatoms. The van der Waals surface area contributed by atoms with E-state index in [4.69, 9.17) is 16.3 Å². The van der Waals surface area contributed by atoms with Crippen molar-refractivity contribution in [2.24, 2.45) is 5.10 Å². The minimum absolute atomic E-state index is 0.0403. The lowest BCUT2D eigenvalue weighted by atomic mass is 10.2. The first-order valence-electron chi connectivity index (χ1n) is 8.44. The highest BCUT2D eigenvalue weighted by Crippen LogP contribution is 2.23. The molecule has 0 aromatic heterocycles. The van der Waals surface area contributed by atoms with Crippen molar-refractivity contribution in [2.75, 3.05) is 0 Å². The van der Waals surface area contributed by atoms with Crippen molar-refractivity contribution in [1.29, 1.82) is 0 Å². The van der Waals surface area contributed by atoms with Crippen LogP contribution in [0.15, 0.2) is 65.8 Å². The second-order valence-electron chi connectivity index (χ2n) is 6.03. The summed E-state index contributed by atoms with van der Waals surface area (Å²) >= 11 is 6.02. The summed E-state index contributed by atoms with van der Waals surface area (Å²) in [6.45, 7) is 0.206. The van der Waals surface area contributed by atoms with Gasteiger partial charge in [0, 0.05) is 22.2 Å². The van der Waals surface area contributed by atoms with Gasteiger partial charge in [-0.15, -0.1) is 0 Å². The highest BCUT2D eigenvalue weighted by atomic mass is 35.5. The van der Waals surface area contributed by atoms with Crippen molar-refractivity contribution in [3.63, 3.8) is 0 Å². The number of aromatic hydroxyl groups is 2. The molecule has 0 spiro atoms. The van der Waals surface area contributed by atoms with Gasteiger partial charge in [0.05, 0.1) is 6.21 Å². The molecule has 0 bridgehead atoms. The first-order valence-corrected chi connectivity index (χ1v) is 8.82. The predicted octanol–water partition coefficient (Wildman–Crippen LogP) is 4.23. The number of halogens is 2. The van der Waals surface area contributed by atoms with Crippen LogP contribution in [0.2, 0.25) is 5.02 Å². The number of carbonyl (C=O) groups excluding carboxylic acids is 1. The molecule has 0 heterocycles. The fourth-order valence-electron chi connectivity index (χ4n) is 2.44. The van der Waals surface area contributed by atoms with E-state index >= 15 is 0 Å². The molecular formula is C21H16ClFN2O4. The number of carbonyl (C=O) groups is 1. The Hall–Kier alpha value is -3.58. The fraction of sp³-hybridized carbons (Fsp3) is 0.0476. The summed E-state index contributed by atoms with van der Waals surface area (Å²) in [5.41, 5.74) is 3.63. The van der Waals surface area contributed by atoms with Crippen LogP contribution in [-0.2, 0) is 6.61 Å². The van der Waals surface area contributed by atoms with E-state index in [2.05, 4.69) is 10.5 Å². The molecule has 3 rings (SSSR count). The maximum atomic E-state index is 13.0. The molecule has 3 aromatic rings. The maximum Gasteiger partial charge on any atom is 0.271 e. The van der Waals surface area contributed by atoms with Crippen LogP contribution in [0, 0.1) is 5.82 Å². The number of nitrogens with zero attached hydrogens (tertiary/aromatic N) is 1. The summed E-state index contributed by atoms with van der Waals surface area (Å²) in [6, 6.07) is 14.3. The summed E-state index contributed by atoms with van der Waals surface area (Å²) < 4.78 is 18.7. The molecule has 29 heavy (non-hydrogen) atoms. The molecular weight excluding hydrogens is 399 g/mol. The number of amides is 1. The van der Waals surface area contributed by atoms with E-state index in [-0.39, 0.29) is 29.5 Å². The Bertz CT molecular complexity index is 1030. The lowest BCUT2D eigenvalue weighted by molar-refractivity contribution is 0.0954. The van der Waals surface area contributed by atoms with Crippen molar-refractivity contribution < 1.29 is 24.1 Å². The van der Waals surface area contributed by atoms with Crippen LogP contribution in [0.4, 0.5) is 4.39 Å². The Morgan fingerprint density at radius 1 is 1.07 bits per heavy atom. The van der Waals surface area contributed by atoms with Gasteiger partial charge in [0.25, 0.3) is 5.91 Å². The second kappa shape index (κ2) is 9.07. The van der Waals surface area contributed by atoms with E-state index in [1.54, 1.807) is 30.3 Å². The first-order chi connectivity index (χ1) is 13.9. The minimum Gasteiger partial charge on any atom is -0.508 e. The number of ether oxygens (including phenoxy) is 1. The number of nitrogens with one attached hydrogen (secondary N) is 1. The molecule has 148 valence electrons. The first kappa shape index (κ1) is 20.2. The number of phenolic OH excluding ortho intramolecular Hbond substituents is 2. The van der Waals surface area contributed by atoms with Gasteiger partial charge in [-0.2, -0.15) is 5.10 Å². The van der Waals surface area contributed by atoms with E-state index in [0.29, 0.717) is 16.3 Å². The van der Waals surface area contributed by atoms with Crippen LogP contribution in [0.1, 0.15) is 21.5 Å². The molecule has 0 saturated carbocycles. The molecule has 0 aliphatic carbocycles. The lowest BCUT2D eigenvalue weighted by Crippen LogP contribution is -2.17. The van der Waals surface area contributed by atoms with Gasteiger partial charge in [0.2, 0.25) is 0 Å². The number of hydrogen-bond donors (Lipinski definition) is 3. The molecule has 0 atom stereocenters. The van der Waals surface area contributed by atoms with Crippen LogP contribution in [-0.4, -0.2) is 22.3 Å². The van der Waals surface area contributed by atoms with Gasteiger partial charge < -0.3 is 14.9 Å². The van der Waals surface area contributed by atoms with Gasteiger partial charge >= 0.3 is 0 Å².